The predicted molar refractivity (Wildman–Crippen MR) is 25.4 cm³/mol. The third kappa shape index (κ3) is 2.56. The van der Waals surface area contributed by atoms with Crippen LogP contribution in [0.4, 0.5) is 4.39 Å². The summed E-state index contributed by atoms with van der Waals surface area (Å²) >= 11 is 0. The molecule has 0 saturated heterocycles. The van der Waals surface area contributed by atoms with Crippen LogP contribution >= 0.6 is 0 Å². The van der Waals surface area contributed by atoms with Crippen molar-refractivity contribution in [2.45, 2.75) is 6.92 Å². The molecule has 0 aliphatic heterocycles. The molecule has 0 radical (unpaired) electrons. The molecular weight excluding hydrogens is 119 g/mol. The summed E-state index contributed by atoms with van der Waals surface area (Å²) in [6.07, 6.45) is 0. The van der Waals surface area contributed by atoms with E-state index in [0.717, 1.165) is 0 Å². The summed E-state index contributed by atoms with van der Waals surface area (Å²) in [5.74, 6) is -0.108. The Hall–Kier alpha value is -0.120. The van der Waals surface area contributed by atoms with E-state index in [2.05, 4.69) is 0 Å². The van der Waals surface area contributed by atoms with Crippen LogP contribution in [0.25, 0.3) is 0 Å². The molecule has 2 nitrogen and oxygen atoms in total. The van der Waals surface area contributed by atoms with Gasteiger partial charge in [-0.2, -0.15) is 0 Å². The maximum absolute atomic E-state index is 11.2. The molecule has 0 amide bonds. The second-order valence-electron chi connectivity index (χ2n) is 1.14. The van der Waals surface area contributed by atoms with E-state index in [-0.39, 0.29) is 5.75 Å². The average molecular weight is 126 g/mol. The van der Waals surface area contributed by atoms with Gasteiger partial charge in [0.2, 0.25) is 0 Å². The number of sulfone groups is 1. The topological polar surface area (TPSA) is 34.1 Å². The van der Waals surface area contributed by atoms with Gasteiger partial charge in [0.15, 0.2) is 15.8 Å². The monoisotopic (exact) mass is 126 g/mol. The van der Waals surface area contributed by atoms with Crippen molar-refractivity contribution in [3.8, 4) is 0 Å². The van der Waals surface area contributed by atoms with Gasteiger partial charge >= 0.3 is 0 Å². The minimum Gasteiger partial charge on any atom is -0.234 e. The number of halogens is 1. The van der Waals surface area contributed by atoms with Crippen LogP contribution in [0.1, 0.15) is 6.92 Å². The van der Waals surface area contributed by atoms with Crippen LogP contribution < -0.4 is 0 Å². The normalized spacial score (nSPS) is 11.7. The molecule has 0 fully saturated rings. The fraction of sp³-hybridized carbons (Fsp3) is 1.00. The first-order chi connectivity index (χ1) is 3.12. The Kier molecular flexibility index (Phi) is 2.22. The third-order valence-corrected chi connectivity index (χ3v) is 1.82. The minimum absolute atomic E-state index is 0.108. The molecule has 0 aromatic carbocycles. The van der Waals surface area contributed by atoms with Crippen LogP contribution in [0, 0.1) is 0 Å². The zero-order valence-electron chi connectivity index (χ0n) is 4.02. The third-order valence-electron chi connectivity index (χ3n) is 0.606. The molecule has 0 aromatic heterocycles. The highest BCUT2D eigenvalue weighted by Gasteiger charge is 2.02. The average Bonchev–Trinajstić information content (AvgIpc) is 1.68. The van der Waals surface area contributed by atoms with Crippen molar-refractivity contribution >= 4 is 9.84 Å². The lowest BCUT2D eigenvalue weighted by atomic mass is 11.0. The van der Waals surface area contributed by atoms with E-state index < -0.39 is 15.8 Å². The summed E-state index contributed by atoms with van der Waals surface area (Å²) < 4.78 is 31.2. The van der Waals surface area contributed by atoms with Crippen LogP contribution in [-0.4, -0.2) is 20.2 Å². The lowest BCUT2D eigenvalue weighted by Crippen LogP contribution is -2.03. The summed E-state index contributed by atoms with van der Waals surface area (Å²) in [4.78, 5) is 0. The van der Waals surface area contributed by atoms with Gasteiger partial charge in [-0.25, -0.2) is 12.8 Å². The largest absolute Gasteiger partial charge is 0.234 e. The first kappa shape index (κ1) is 6.88. The maximum atomic E-state index is 11.2. The van der Waals surface area contributed by atoms with Crippen LogP contribution in [-0.2, 0) is 9.84 Å². The van der Waals surface area contributed by atoms with Gasteiger partial charge in [0.05, 0.1) is 5.75 Å². The zero-order valence-corrected chi connectivity index (χ0v) is 4.83. The Balaban J connectivity index is 3.89. The second kappa shape index (κ2) is 2.26. The van der Waals surface area contributed by atoms with Crippen molar-refractivity contribution in [2.75, 3.05) is 11.8 Å². The van der Waals surface area contributed by atoms with Gasteiger partial charge in [-0.1, -0.05) is 6.92 Å². The van der Waals surface area contributed by atoms with Crippen molar-refractivity contribution in [3.05, 3.63) is 0 Å². The van der Waals surface area contributed by atoms with E-state index >= 15 is 0 Å². The molecule has 0 unspecified atom stereocenters. The highest BCUT2D eigenvalue weighted by Crippen LogP contribution is 1.86. The molecule has 0 spiro atoms. The van der Waals surface area contributed by atoms with E-state index in [1.807, 2.05) is 0 Å². The Morgan fingerprint density at radius 3 is 2.00 bits per heavy atom. The van der Waals surface area contributed by atoms with Crippen molar-refractivity contribution < 1.29 is 12.8 Å². The summed E-state index contributed by atoms with van der Waals surface area (Å²) in [6, 6.07) is -1.23. The van der Waals surface area contributed by atoms with E-state index in [4.69, 9.17) is 0 Å². The smallest absolute Gasteiger partial charge is 0.190 e. The first-order valence-electron chi connectivity index (χ1n) is 1.89. The number of rotatable bonds is 2. The molecule has 0 aliphatic rings. The highest BCUT2D eigenvalue weighted by molar-refractivity contribution is 7.91. The van der Waals surface area contributed by atoms with Crippen LogP contribution in [0.2, 0.25) is 0 Å². The Labute approximate surface area is 42.3 Å². The zero-order chi connectivity index (χ0) is 5.91. The Morgan fingerprint density at radius 2 is 2.00 bits per heavy atom. The summed E-state index contributed by atoms with van der Waals surface area (Å²) in [6.45, 7) is 1.41. The second-order valence-corrected chi connectivity index (χ2v) is 3.42. The number of hydrogen-bond donors (Lipinski definition) is 0. The van der Waals surface area contributed by atoms with Crippen LogP contribution in [0.5, 0.6) is 0 Å². The molecule has 0 bridgehead atoms. The standard InChI is InChI=1S/C3H7FO2S/c1-2-7(5,6)3-4/h2-3H2,1H3. The highest BCUT2D eigenvalue weighted by atomic mass is 32.2. The van der Waals surface area contributed by atoms with Crippen LogP contribution in [0.15, 0.2) is 0 Å². The molecule has 0 saturated carbocycles. The summed E-state index contributed by atoms with van der Waals surface area (Å²) in [5, 5.41) is 0. The van der Waals surface area contributed by atoms with Crippen molar-refractivity contribution in [2.24, 2.45) is 0 Å². The van der Waals surface area contributed by atoms with E-state index in [0.29, 0.717) is 0 Å². The van der Waals surface area contributed by atoms with Gasteiger partial charge in [0.1, 0.15) is 0 Å². The molecule has 0 aliphatic carbocycles. The predicted octanol–water partition coefficient (Wildman–Crippen LogP) is 0.348. The lowest BCUT2D eigenvalue weighted by molar-refractivity contribution is 0.535. The van der Waals surface area contributed by atoms with Crippen LogP contribution in [0.3, 0.4) is 0 Å². The maximum Gasteiger partial charge on any atom is 0.190 e. The summed E-state index contributed by atoms with van der Waals surface area (Å²) in [7, 11) is -3.32. The van der Waals surface area contributed by atoms with Gasteiger partial charge in [-0.3, -0.25) is 0 Å². The molecule has 4 heteroatoms. The molecule has 0 rings (SSSR count). The first-order valence-corrected chi connectivity index (χ1v) is 3.71. The van der Waals surface area contributed by atoms with E-state index in [1.165, 1.54) is 6.92 Å². The van der Waals surface area contributed by atoms with Gasteiger partial charge < -0.3 is 0 Å². The Morgan fingerprint density at radius 1 is 1.57 bits per heavy atom. The number of hydrogen-bond acceptors (Lipinski definition) is 2. The molecule has 44 valence electrons. The fourth-order valence-electron chi connectivity index (χ4n) is 0.0772. The van der Waals surface area contributed by atoms with Gasteiger partial charge in [-0.15, -0.1) is 0 Å². The lowest BCUT2D eigenvalue weighted by Gasteiger charge is -1.86. The SMILES string of the molecule is CCS(=O)(=O)CF. The van der Waals surface area contributed by atoms with Gasteiger partial charge in [0, 0.05) is 0 Å². The van der Waals surface area contributed by atoms with E-state index in [1.54, 1.807) is 0 Å². The molecule has 0 atom stereocenters. The van der Waals surface area contributed by atoms with Crippen molar-refractivity contribution in [3.63, 3.8) is 0 Å². The molecule has 0 aromatic rings. The van der Waals surface area contributed by atoms with Crippen molar-refractivity contribution in [1.82, 2.24) is 0 Å². The number of alkyl halides is 1. The van der Waals surface area contributed by atoms with Gasteiger partial charge in [0.25, 0.3) is 0 Å². The Bertz CT molecular complexity index is 116. The van der Waals surface area contributed by atoms with Crippen molar-refractivity contribution in [1.29, 1.82) is 0 Å². The minimum atomic E-state index is -3.32. The quantitative estimate of drug-likeness (QED) is 0.535. The molecular formula is C3H7FO2S. The van der Waals surface area contributed by atoms with E-state index in [9.17, 15) is 12.8 Å². The molecule has 0 heterocycles. The molecule has 7 heavy (non-hydrogen) atoms. The van der Waals surface area contributed by atoms with Gasteiger partial charge in [-0.05, 0) is 0 Å². The molecule has 0 N–H and O–H groups in total. The summed E-state index contributed by atoms with van der Waals surface area (Å²) in [5.41, 5.74) is 0. The fourth-order valence-corrected chi connectivity index (χ4v) is 0.231.